The molecule has 0 bridgehead atoms. The molecule has 3 nitrogen and oxygen atoms in total. The third-order valence-corrected chi connectivity index (χ3v) is 1.25. The summed E-state index contributed by atoms with van der Waals surface area (Å²) in [4.78, 5) is 10.9. The molecular weight excluding hydrogens is 176 g/mol. The molecule has 0 aliphatic rings. The standard InChI is InChI=1S/C8H16N2O.ClH/c1-3-4-5-8(11)10-7(2)6-9;/h4-5,7H,3,6,9H2,1-2H3,(H,10,11);1H/b5-4+;/t7-;/m1./s1. The molecule has 12 heavy (non-hydrogen) atoms. The third-order valence-electron chi connectivity index (χ3n) is 1.25. The van der Waals surface area contributed by atoms with E-state index < -0.39 is 0 Å². The summed E-state index contributed by atoms with van der Waals surface area (Å²) in [6.45, 7) is 4.33. The van der Waals surface area contributed by atoms with Gasteiger partial charge in [-0.05, 0) is 19.4 Å². The van der Waals surface area contributed by atoms with Crippen LogP contribution in [-0.2, 0) is 4.79 Å². The van der Waals surface area contributed by atoms with E-state index in [0.29, 0.717) is 6.54 Å². The van der Waals surface area contributed by atoms with Crippen LogP contribution in [0.5, 0.6) is 0 Å². The first-order chi connectivity index (χ1) is 5.20. The second-order valence-corrected chi connectivity index (χ2v) is 2.46. The van der Waals surface area contributed by atoms with Gasteiger partial charge in [0, 0.05) is 12.6 Å². The first kappa shape index (κ1) is 14.0. The van der Waals surface area contributed by atoms with Crippen molar-refractivity contribution in [3.63, 3.8) is 0 Å². The van der Waals surface area contributed by atoms with Gasteiger partial charge in [0.1, 0.15) is 0 Å². The zero-order valence-corrected chi connectivity index (χ0v) is 8.36. The van der Waals surface area contributed by atoms with Gasteiger partial charge in [0.05, 0.1) is 0 Å². The number of carbonyl (C=O) groups excluding carboxylic acids is 1. The molecule has 0 rings (SSSR count). The fourth-order valence-corrected chi connectivity index (χ4v) is 0.575. The predicted molar refractivity (Wildman–Crippen MR) is 53.3 cm³/mol. The molecule has 0 aliphatic heterocycles. The monoisotopic (exact) mass is 192 g/mol. The number of allylic oxidation sites excluding steroid dienone is 1. The van der Waals surface area contributed by atoms with Crippen molar-refractivity contribution in [2.45, 2.75) is 26.3 Å². The third kappa shape index (κ3) is 7.57. The van der Waals surface area contributed by atoms with E-state index in [1.165, 1.54) is 6.08 Å². The Kier molecular flexibility index (Phi) is 9.99. The van der Waals surface area contributed by atoms with Gasteiger partial charge < -0.3 is 11.1 Å². The molecule has 0 heterocycles. The Hall–Kier alpha value is -0.540. The normalized spacial score (nSPS) is 12.2. The predicted octanol–water partition coefficient (Wildman–Crippen LogP) is 0.838. The number of amides is 1. The number of hydrogen-bond acceptors (Lipinski definition) is 2. The molecule has 4 heteroatoms. The van der Waals surface area contributed by atoms with E-state index in [9.17, 15) is 4.79 Å². The van der Waals surface area contributed by atoms with E-state index in [-0.39, 0.29) is 24.4 Å². The number of hydrogen-bond donors (Lipinski definition) is 2. The van der Waals surface area contributed by atoms with Gasteiger partial charge in [-0.1, -0.05) is 13.0 Å². The summed E-state index contributed by atoms with van der Waals surface area (Å²) in [5, 5.41) is 2.71. The fraction of sp³-hybridized carbons (Fsp3) is 0.625. The molecule has 0 aliphatic carbocycles. The van der Waals surface area contributed by atoms with Crippen LogP contribution in [-0.4, -0.2) is 18.5 Å². The van der Waals surface area contributed by atoms with Crippen molar-refractivity contribution in [2.24, 2.45) is 5.73 Å². The lowest BCUT2D eigenvalue weighted by molar-refractivity contribution is -0.117. The van der Waals surface area contributed by atoms with Gasteiger partial charge in [-0.15, -0.1) is 12.4 Å². The maximum atomic E-state index is 10.9. The van der Waals surface area contributed by atoms with Crippen LogP contribution in [0.4, 0.5) is 0 Å². The maximum Gasteiger partial charge on any atom is 0.243 e. The average Bonchev–Trinajstić information content (AvgIpc) is 2.00. The van der Waals surface area contributed by atoms with E-state index in [2.05, 4.69) is 5.32 Å². The smallest absolute Gasteiger partial charge is 0.243 e. The second kappa shape index (κ2) is 8.56. The van der Waals surface area contributed by atoms with E-state index in [4.69, 9.17) is 5.73 Å². The molecule has 72 valence electrons. The highest BCUT2D eigenvalue weighted by Crippen LogP contribution is 1.81. The maximum absolute atomic E-state index is 10.9. The molecule has 0 unspecified atom stereocenters. The lowest BCUT2D eigenvalue weighted by Crippen LogP contribution is -2.36. The highest BCUT2D eigenvalue weighted by molar-refractivity contribution is 5.87. The lowest BCUT2D eigenvalue weighted by atomic mass is 10.3. The number of carbonyl (C=O) groups is 1. The molecule has 0 saturated heterocycles. The van der Waals surface area contributed by atoms with Gasteiger partial charge in [0.25, 0.3) is 0 Å². The summed E-state index contributed by atoms with van der Waals surface area (Å²) >= 11 is 0. The van der Waals surface area contributed by atoms with Crippen LogP contribution in [0.15, 0.2) is 12.2 Å². The Labute approximate surface area is 79.8 Å². The minimum atomic E-state index is -0.0650. The zero-order valence-electron chi connectivity index (χ0n) is 7.54. The van der Waals surface area contributed by atoms with Gasteiger partial charge >= 0.3 is 0 Å². The van der Waals surface area contributed by atoms with E-state index >= 15 is 0 Å². The summed E-state index contributed by atoms with van der Waals surface area (Å²) in [5.74, 6) is -0.0650. The van der Waals surface area contributed by atoms with Crippen LogP contribution in [0.2, 0.25) is 0 Å². The molecule has 1 atom stereocenters. The number of rotatable bonds is 4. The highest BCUT2D eigenvalue weighted by Gasteiger charge is 1.99. The minimum absolute atomic E-state index is 0. The summed E-state index contributed by atoms with van der Waals surface area (Å²) in [6, 6.07) is 0.0593. The largest absolute Gasteiger partial charge is 0.349 e. The van der Waals surface area contributed by atoms with Gasteiger partial charge in [-0.25, -0.2) is 0 Å². The van der Waals surface area contributed by atoms with Crippen molar-refractivity contribution < 1.29 is 4.79 Å². The molecule has 3 N–H and O–H groups in total. The first-order valence-corrected chi connectivity index (χ1v) is 3.87. The van der Waals surface area contributed by atoms with Gasteiger partial charge in [-0.2, -0.15) is 0 Å². The summed E-state index contributed by atoms with van der Waals surface area (Å²) in [6.07, 6.45) is 4.23. The molecular formula is C8H17ClN2O. The van der Waals surface area contributed by atoms with Gasteiger partial charge in [-0.3, -0.25) is 4.79 Å². The Morgan fingerprint density at radius 3 is 2.67 bits per heavy atom. The Balaban J connectivity index is 0. The van der Waals surface area contributed by atoms with Crippen molar-refractivity contribution in [3.8, 4) is 0 Å². The summed E-state index contributed by atoms with van der Waals surface area (Å²) < 4.78 is 0. The van der Waals surface area contributed by atoms with Gasteiger partial charge in [0.15, 0.2) is 0 Å². The molecule has 0 spiro atoms. The first-order valence-electron chi connectivity index (χ1n) is 3.87. The molecule has 0 aromatic heterocycles. The molecule has 0 saturated carbocycles. The molecule has 0 aromatic rings. The van der Waals surface area contributed by atoms with Crippen LogP contribution in [0, 0.1) is 0 Å². The number of nitrogens with one attached hydrogen (secondary N) is 1. The van der Waals surface area contributed by atoms with Crippen molar-refractivity contribution in [3.05, 3.63) is 12.2 Å². The van der Waals surface area contributed by atoms with E-state index in [0.717, 1.165) is 6.42 Å². The number of halogens is 1. The lowest BCUT2D eigenvalue weighted by Gasteiger charge is -2.07. The zero-order chi connectivity index (χ0) is 8.69. The SMILES string of the molecule is CC/C=C/C(=O)N[C@H](C)CN.Cl. The Morgan fingerprint density at radius 1 is 1.67 bits per heavy atom. The van der Waals surface area contributed by atoms with Crippen LogP contribution in [0.1, 0.15) is 20.3 Å². The van der Waals surface area contributed by atoms with Crippen LogP contribution >= 0.6 is 12.4 Å². The van der Waals surface area contributed by atoms with Crippen molar-refractivity contribution >= 4 is 18.3 Å². The van der Waals surface area contributed by atoms with Crippen molar-refractivity contribution in [2.75, 3.05) is 6.54 Å². The van der Waals surface area contributed by atoms with Gasteiger partial charge in [0.2, 0.25) is 5.91 Å². The van der Waals surface area contributed by atoms with E-state index in [1.54, 1.807) is 0 Å². The van der Waals surface area contributed by atoms with Crippen LogP contribution < -0.4 is 11.1 Å². The average molecular weight is 193 g/mol. The Bertz CT molecular complexity index is 148. The Morgan fingerprint density at radius 2 is 2.25 bits per heavy atom. The topological polar surface area (TPSA) is 55.1 Å². The molecule has 1 amide bonds. The highest BCUT2D eigenvalue weighted by atomic mass is 35.5. The van der Waals surface area contributed by atoms with Crippen LogP contribution in [0.3, 0.4) is 0 Å². The van der Waals surface area contributed by atoms with Crippen molar-refractivity contribution in [1.82, 2.24) is 5.32 Å². The molecule has 0 radical (unpaired) electrons. The minimum Gasteiger partial charge on any atom is -0.349 e. The molecule has 0 aromatic carbocycles. The summed E-state index contributed by atoms with van der Waals surface area (Å²) in [7, 11) is 0. The second-order valence-electron chi connectivity index (χ2n) is 2.46. The summed E-state index contributed by atoms with van der Waals surface area (Å²) in [5.41, 5.74) is 5.31. The van der Waals surface area contributed by atoms with Crippen molar-refractivity contribution in [1.29, 1.82) is 0 Å². The fourth-order valence-electron chi connectivity index (χ4n) is 0.575. The van der Waals surface area contributed by atoms with E-state index in [1.807, 2.05) is 19.9 Å². The quantitative estimate of drug-likeness (QED) is 0.649. The number of nitrogens with two attached hydrogens (primary N) is 1. The molecule has 0 fully saturated rings. The van der Waals surface area contributed by atoms with Crippen LogP contribution in [0.25, 0.3) is 0 Å².